The molecule has 0 saturated heterocycles. The Morgan fingerprint density at radius 3 is 2.57 bits per heavy atom. The SMILES string of the molecule is CCOC(=O)C(CC(C)C)NC(=O)c1ccc(NC)c(C=N)c1. The highest BCUT2D eigenvalue weighted by atomic mass is 16.5. The Balaban J connectivity index is 2.93. The first kappa shape index (κ1) is 18.7. The molecule has 1 rings (SSSR count). The molecule has 6 nitrogen and oxygen atoms in total. The summed E-state index contributed by atoms with van der Waals surface area (Å²) in [5.41, 5.74) is 1.78. The summed E-state index contributed by atoms with van der Waals surface area (Å²) in [5, 5.41) is 13.1. The Kier molecular flexibility index (Phi) is 7.25. The van der Waals surface area contributed by atoms with Gasteiger partial charge in [0.25, 0.3) is 5.91 Å². The molecule has 6 heteroatoms. The van der Waals surface area contributed by atoms with Gasteiger partial charge in [0.15, 0.2) is 0 Å². The number of ether oxygens (including phenoxy) is 1. The van der Waals surface area contributed by atoms with Crippen LogP contribution in [0.4, 0.5) is 5.69 Å². The number of anilines is 1. The number of hydrogen-bond acceptors (Lipinski definition) is 5. The van der Waals surface area contributed by atoms with Crippen LogP contribution in [0.25, 0.3) is 0 Å². The van der Waals surface area contributed by atoms with E-state index in [1.54, 1.807) is 32.2 Å². The fourth-order valence-corrected chi connectivity index (χ4v) is 2.22. The van der Waals surface area contributed by atoms with Gasteiger partial charge in [0, 0.05) is 30.1 Å². The van der Waals surface area contributed by atoms with E-state index in [4.69, 9.17) is 10.1 Å². The van der Waals surface area contributed by atoms with Gasteiger partial charge in [0.1, 0.15) is 6.04 Å². The molecule has 1 amide bonds. The maximum absolute atomic E-state index is 12.4. The highest BCUT2D eigenvalue weighted by Gasteiger charge is 2.23. The second-order valence-corrected chi connectivity index (χ2v) is 5.60. The van der Waals surface area contributed by atoms with Gasteiger partial charge in [-0.3, -0.25) is 4.79 Å². The molecule has 0 bridgehead atoms. The number of nitrogens with one attached hydrogen (secondary N) is 3. The second-order valence-electron chi connectivity index (χ2n) is 5.60. The van der Waals surface area contributed by atoms with Gasteiger partial charge in [-0.2, -0.15) is 0 Å². The molecule has 0 aliphatic heterocycles. The van der Waals surface area contributed by atoms with Crippen LogP contribution in [-0.2, 0) is 9.53 Å². The zero-order valence-corrected chi connectivity index (χ0v) is 14.1. The minimum atomic E-state index is -0.671. The molecule has 0 heterocycles. The van der Waals surface area contributed by atoms with E-state index in [0.29, 0.717) is 17.5 Å². The quantitative estimate of drug-likeness (QED) is 0.507. The van der Waals surface area contributed by atoms with Crippen LogP contribution in [0.1, 0.15) is 43.1 Å². The van der Waals surface area contributed by atoms with Gasteiger partial charge in [0.05, 0.1) is 6.61 Å². The van der Waals surface area contributed by atoms with Crippen LogP contribution in [0.3, 0.4) is 0 Å². The molecule has 1 unspecified atom stereocenters. The predicted molar refractivity (Wildman–Crippen MR) is 91.2 cm³/mol. The first-order valence-electron chi connectivity index (χ1n) is 7.72. The van der Waals surface area contributed by atoms with E-state index in [2.05, 4.69) is 10.6 Å². The molecular weight excluding hydrogens is 294 g/mol. The summed E-state index contributed by atoms with van der Waals surface area (Å²) in [4.78, 5) is 24.4. The number of amides is 1. The number of carbonyl (C=O) groups is 2. The summed E-state index contributed by atoms with van der Waals surface area (Å²) in [6.07, 6.45) is 1.69. The lowest BCUT2D eigenvalue weighted by Gasteiger charge is -2.19. The van der Waals surface area contributed by atoms with Gasteiger partial charge in [-0.15, -0.1) is 0 Å². The van der Waals surface area contributed by atoms with Crippen molar-refractivity contribution in [2.75, 3.05) is 19.0 Å². The Morgan fingerprint density at radius 1 is 1.35 bits per heavy atom. The fraction of sp³-hybridized carbons (Fsp3) is 0.471. The third kappa shape index (κ3) is 5.39. The summed E-state index contributed by atoms with van der Waals surface area (Å²) in [6.45, 7) is 5.97. The van der Waals surface area contributed by atoms with Crippen molar-refractivity contribution >= 4 is 23.8 Å². The van der Waals surface area contributed by atoms with Crippen molar-refractivity contribution in [3.8, 4) is 0 Å². The summed E-state index contributed by atoms with van der Waals surface area (Å²) in [6, 6.07) is 4.34. The van der Waals surface area contributed by atoms with Crippen molar-refractivity contribution in [3.63, 3.8) is 0 Å². The van der Waals surface area contributed by atoms with E-state index >= 15 is 0 Å². The lowest BCUT2D eigenvalue weighted by molar-refractivity contribution is -0.145. The first-order chi connectivity index (χ1) is 10.9. The first-order valence-corrected chi connectivity index (χ1v) is 7.72. The number of carbonyl (C=O) groups excluding carboxylic acids is 2. The summed E-state index contributed by atoms with van der Waals surface area (Å²) >= 11 is 0. The van der Waals surface area contributed by atoms with Gasteiger partial charge < -0.3 is 20.8 Å². The molecule has 0 fully saturated rings. The second kappa shape index (κ2) is 8.92. The Bertz CT molecular complexity index is 570. The highest BCUT2D eigenvalue weighted by Crippen LogP contribution is 2.16. The Hall–Kier alpha value is -2.37. The summed E-state index contributed by atoms with van der Waals surface area (Å²) in [5.74, 6) is -0.531. The molecular formula is C17H25N3O3. The normalized spacial score (nSPS) is 11.7. The zero-order chi connectivity index (χ0) is 17.4. The summed E-state index contributed by atoms with van der Waals surface area (Å²) in [7, 11) is 1.75. The summed E-state index contributed by atoms with van der Waals surface area (Å²) < 4.78 is 5.02. The van der Waals surface area contributed by atoms with E-state index in [1.165, 1.54) is 6.21 Å². The minimum absolute atomic E-state index is 0.244. The Labute approximate surface area is 137 Å². The van der Waals surface area contributed by atoms with Crippen LogP contribution in [0.15, 0.2) is 18.2 Å². The van der Waals surface area contributed by atoms with Gasteiger partial charge in [-0.1, -0.05) is 13.8 Å². The third-order valence-corrected chi connectivity index (χ3v) is 3.32. The van der Waals surface area contributed by atoms with Crippen LogP contribution >= 0.6 is 0 Å². The van der Waals surface area contributed by atoms with Crippen molar-refractivity contribution < 1.29 is 14.3 Å². The lowest BCUT2D eigenvalue weighted by atomic mass is 10.0. The smallest absolute Gasteiger partial charge is 0.328 e. The van der Waals surface area contributed by atoms with E-state index in [1.807, 2.05) is 13.8 Å². The maximum Gasteiger partial charge on any atom is 0.328 e. The zero-order valence-electron chi connectivity index (χ0n) is 14.1. The van der Waals surface area contributed by atoms with E-state index in [-0.39, 0.29) is 18.4 Å². The molecule has 0 radical (unpaired) electrons. The maximum atomic E-state index is 12.4. The molecule has 1 aromatic rings. The van der Waals surface area contributed by atoms with Gasteiger partial charge in [0.2, 0.25) is 0 Å². The highest BCUT2D eigenvalue weighted by molar-refractivity contribution is 5.99. The molecule has 0 saturated carbocycles. The van der Waals surface area contributed by atoms with Crippen LogP contribution in [0.2, 0.25) is 0 Å². The van der Waals surface area contributed by atoms with Crippen molar-refractivity contribution in [2.24, 2.45) is 5.92 Å². The molecule has 0 spiro atoms. The van der Waals surface area contributed by atoms with Gasteiger partial charge >= 0.3 is 5.97 Å². The molecule has 0 aliphatic carbocycles. The average molecular weight is 319 g/mol. The Morgan fingerprint density at radius 2 is 2.04 bits per heavy atom. The molecule has 126 valence electrons. The average Bonchev–Trinajstić information content (AvgIpc) is 2.53. The van der Waals surface area contributed by atoms with Crippen LogP contribution in [0.5, 0.6) is 0 Å². The van der Waals surface area contributed by atoms with E-state index in [9.17, 15) is 9.59 Å². The standard InChI is InChI=1S/C17H25N3O3/c1-5-23-17(22)15(8-11(2)3)20-16(21)12-6-7-14(19-4)13(9-12)10-18/h6-7,9-11,15,18-19H,5,8H2,1-4H3,(H,20,21). The molecule has 23 heavy (non-hydrogen) atoms. The molecule has 1 atom stereocenters. The van der Waals surface area contributed by atoms with Gasteiger partial charge in [-0.25, -0.2) is 4.79 Å². The van der Waals surface area contributed by atoms with Crippen molar-refractivity contribution in [1.82, 2.24) is 5.32 Å². The van der Waals surface area contributed by atoms with E-state index in [0.717, 1.165) is 5.69 Å². The van der Waals surface area contributed by atoms with Crippen molar-refractivity contribution in [2.45, 2.75) is 33.2 Å². The molecule has 0 aromatic heterocycles. The van der Waals surface area contributed by atoms with Crippen LogP contribution < -0.4 is 10.6 Å². The predicted octanol–water partition coefficient (Wildman–Crippen LogP) is 2.43. The molecule has 0 aliphatic rings. The number of hydrogen-bond donors (Lipinski definition) is 3. The largest absolute Gasteiger partial charge is 0.464 e. The number of rotatable bonds is 8. The monoisotopic (exact) mass is 319 g/mol. The van der Waals surface area contributed by atoms with Crippen molar-refractivity contribution in [3.05, 3.63) is 29.3 Å². The van der Waals surface area contributed by atoms with E-state index < -0.39 is 12.0 Å². The lowest BCUT2D eigenvalue weighted by Crippen LogP contribution is -2.42. The molecule has 1 aromatic carbocycles. The number of esters is 1. The third-order valence-electron chi connectivity index (χ3n) is 3.32. The topological polar surface area (TPSA) is 91.3 Å². The van der Waals surface area contributed by atoms with Crippen molar-refractivity contribution in [1.29, 1.82) is 5.41 Å². The minimum Gasteiger partial charge on any atom is -0.464 e. The fourth-order valence-electron chi connectivity index (χ4n) is 2.22. The van der Waals surface area contributed by atoms with Gasteiger partial charge in [-0.05, 0) is 37.5 Å². The molecule has 3 N–H and O–H groups in total. The van der Waals surface area contributed by atoms with Crippen LogP contribution in [-0.4, -0.2) is 37.8 Å². The number of benzene rings is 1. The van der Waals surface area contributed by atoms with Crippen LogP contribution in [0, 0.1) is 11.3 Å².